The molecule has 17 heavy (non-hydrogen) atoms. The Labute approximate surface area is 103 Å². The van der Waals surface area contributed by atoms with Crippen LogP contribution >= 0.6 is 0 Å². The SMILES string of the molecule is CC.CCCCOc1cccc(C(=O)O)c1C. The topological polar surface area (TPSA) is 46.5 Å². The van der Waals surface area contributed by atoms with E-state index in [2.05, 4.69) is 6.92 Å². The van der Waals surface area contributed by atoms with E-state index >= 15 is 0 Å². The fourth-order valence-corrected chi connectivity index (χ4v) is 1.33. The van der Waals surface area contributed by atoms with Crippen molar-refractivity contribution in [1.29, 1.82) is 0 Å². The van der Waals surface area contributed by atoms with Gasteiger partial charge in [-0.1, -0.05) is 33.3 Å². The third-order valence-electron chi connectivity index (χ3n) is 2.27. The molecule has 3 heteroatoms. The van der Waals surface area contributed by atoms with Crippen LogP contribution in [-0.4, -0.2) is 17.7 Å². The molecule has 96 valence electrons. The minimum atomic E-state index is -0.909. The number of aromatic carboxylic acids is 1. The summed E-state index contributed by atoms with van der Waals surface area (Å²) in [6.07, 6.45) is 2.05. The van der Waals surface area contributed by atoms with Crippen LogP contribution in [0.1, 0.15) is 49.5 Å². The van der Waals surface area contributed by atoms with Gasteiger partial charge >= 0.3 is 5.97 Å². The third-order valence-corrected chi connectivity index (χ3v) is 2.27. The number of carbonyl (C=O) groups is 1. The van der Waals surface area contributed by atoms with Gasteiger partial charge in [0.1, 0.15) is 5.75 Å². The van der Waals surface area contributed by atoms with Gasteiger partial charge in [-0.3, -0.25) is 0 Å². The lowest BCUT2D eigenvalue weighted by atomic mass is 10.1. The van der Waals surface area contributed by atoms with Crippen molar-refractivity contribution in [1.82, 2.24) is 0 Å². The zero-order valence-corrected chi connectivity index (χ0v) is 11.1. The molecule has 0 saturated heterocycles. The van der Waals surface area contributed by atoms with Crippen LogP contribution in [0.3, 0.4) is 0 Å². The zero-order valence-electron chi connectivity index (χ0n) is 11.1. The van der Waals surface area contributed by atoms with Gasteiger partial charge in [-0.15, -0.1) is 0 Å². The normalized spacial score (nSPS) is 9.18. The predicted molar refractivity (Wildman–Crippen MR) is 69.9 cm³/mol. The molecule has 0 spiro atoms. The Morgan fingerprint density at radius 2 is 2.00 bits per heavy atom. The number of rotatable bonds is 5. The van der Waals surface area contributed by atoms with Gasteiger partial charge < -0.3 is 9.84 Å². The molecule has 0 bridgehead atoms. The van der Waals surface area contributed by atoms with Gasteiger partial charge in [0, 0.05) is 5.56 Å². The van der Waals surface area contributed by atoms with E-state index in [4.69, 9.17) is 9.84 Å². The van der Waals surface area contributed by atoms with Crippen LogP contribution in [0, 0.1) is 6.92 Å². The highest BCUT2D eigenvalue weighted by atomic mass is 16.5. The van der Waals surface area contributed by atoms with Gasteiger partial charge in [0.05, 0.1) is 12.2 Å². The van der Waals surface area contributed by atoms with Gasteiger partial charge in [-0.25, -0.2) is 4.79 Å². The molecule has 1 aromatic rings. The standard InChI is InChI=1S/C12H16O3.C2H6/c1-3-4-8-15-11-7-5-6-10(9(11)2)12(13)14;1-2/h5-7H,3-4,8H2,1-2H3,(H,13,14);1-2H3. The number of hydrogen-bond donors (Lipinski definition) is 1. The average molecular weight is 238 g/mol. The van der Waals surface area contributed by atoms with E-state index in [9.17, 15) is 4.79 Å². The first kappa shape index (κ1) is 15.5. The van der Waals surface area contributed by atoms with Crippen molar-refractivity contribution in [3.8, 4) is 5.75 Å². The molecule has 0 amide bonds. The number of ether oxygens (including phenoxy) is 1. The highest BCUT2D eigenvalue weighted by molar-refractivity contribution is 5.90. The van der Waals surface area contributed by atoms with Crippen molar-refractivity contribution in [3.05, 3.63) is 29.3 Å². The van der Waals surface area contributed by atoms with Crippen LogP contribution in [0.5, 0.6) is 5.75 Å². The van der Waals surface area contributed by atoms with E-state index in [-0.39, 0.29) is 0 Å². The lowest BCUT2D eigenvalue weighted by molar-refractivity contribution is 0.0695. The summed E-state index contributed by atoms with van der Waals surface area (Å²) in [6, 6.07) is 5.10. The molecule has 1 aromatic carbocycles. The number of hydrogen-bond acceptors (Lipinski definition) is 2. The second kappa shape index (κ2) is 8.62. The van der Waals surface area contributed by atoms with Crippen LogP contribution in [0.25, 0.3) is 0 Å². The summed E-state index contributed by atoms with van der Waals surface area (Å²) in [5, 5.41) is 8.91. The first-order valence-corrected chi connectivity index (χ1v) is 6.12. The Hall–Kier alpha value is -1.51. The first-order valence-electron chi connectivity index (χ1n) is 6.12. The minimum Gasteiger partial charge on any atom is -0.493 e. The Bertz CT molecular complexity index is 345. The molecule has 0 aliphatic heterocycles. The van der Waals surface area contributed by atoms with Crippen LogP contribution < -0.4 is 4.74 Å². The van der Waals surface area contributed by atoms with Gasteiger partial charge in [0.15, 0.2) is 0 Å². The number of carboxylic acid groups (broad SMARTS) is 1. The van der Waals surface area contributed by atoms with E-state index in [1.807, 2.05) is 13.8 Å². The Kier molecular flexibility index (Phi) is 7.85. The number of carboxylic acids is 1. The molecule has 3 nitrogen and oxygen atoms in total. The monoisotopic (exact) mass is 238 g/mol. The molecule has 0 aromatic heterocycles. The van der Waals surface area contributed by atoms with E-state index in [0.29, 0.717) is 23.5 Å². The molecule has 0 heterocycles. The highest BCUT2D eigenvalue weighted by Gasteiger charge is 2.10. The van der Waals surface area contributed by atoms with Crippen molar-refractivity contribution >= 4 is 5.97 Å². The number of benzene rings is 1. The highest BCUT2D eigenvalue weighted by Crippen LogP contribution is 2.21. The first-order chi connectivity index (χ1) is 8.16. The van der Waals surface area contributed by atoms with Gasteiger partial charge in [-0.05, 0) is 25.5 Å². The maximum absolute atomic E-state index is 10.8. The lowest BCUT2D eigenvalue weighted by Crippen LogP contribution is -2.03. The van der Waals surface area contributed by atoms with E-state index in [0.717, 1.165) is 12.8 Å². The van der Waals surface area contributed by atoms with Crippen molar-refractivity contribution in [2.45, 2.75) is 40.5 Å². The number of unbranched alkanes of at least 4 members (excludes halogenated alkanes) is 1. The van der Waals surface area contributed by atoms with Crippen molar-refractivity contribution in [2.75, 3.05) is 6.61 Å². The van der Waals surface area contributed by atoms with Crippen molar-refractivity contribution in [2.24, 2.45) is 0 Å². The second-order valence-electron chi connectivity index (χ2n) is 3.44. The average Bonchev–Trinajstić information content (AvgIpc) is 2.34. The Morgan fingerprint density at radius 3 is 2.53 bits per heavy atom. The fourth-order valence-electron chi connectivity index (χ4n) is 1.33. The molecule has 0 unspecified atom stereocenters. The van der Waals surface area contributed by atoms with Crippen LogP contribution in [-0.2, 0) is 0 Å². The van der Waals surface area contributed by atoms with E-state index < -0.39 is 5.97 Å². The van der Waals surface area contributed by atoms with Crippen LogP contribution in [0.4, 0.5) is 0 Å². The summed E-state index contributed by atoms with van der Waals surface area (Å²) in [6.45, 7) is 8.50. The van der Waals surface area contributed by atoms with Crippen molar-refractivity contribution < 1.29 is 14.6 Å². The predicted octanol–water partition coefficient (Wildman–Crippen LogP) is 3.90. The molecule has 1 N–H and O–H groups in total. The minimum absolute atomic E-state index is 0.309. The molecule has 0 radical (unpaired) electrons. The van der Waals surface area contributed by atoms with E-state index in [1.165, 1.54) is 0 Å². The molecule has 0 aliphatic carbocycles. The second-order valence-corrected chi connectivity index (χ2v) is 3.44. The third kappa shape index (κ3) is 4.89. The zero-order chi connectivity index (χ0) is 13.3. The van der Waals surface area contributed by atoms with Crippen molar-refractivity contribution in [3.63, 3.8) is 0 Å². The summed E-state index contributed by atoms with van der Waals surface area (Å²) in [5.74, 6) is -0.239. The summed E-state index contributed by atoms with van der Waals surface area (Å²) in [7, 11) is 0. The fraction of sp³-hybridized carbons (Fsp3) is 0.500. The summed E-state index contributed by atoms with van der Waals surface area (Å²) >= 11 is 0. The molecule has 0 fully saturated rings. The molecule has 0 saturated carbocycles. The smallest absolute Gasteiger partial charge is 0.336 e. The quantitative estimate of drug-likeness (QED) is 0.791. The summed E-state index contributed by atoms with van der Waals surface area (Å²) in [4.78, 5) is 10.8. The summed E-state index contributed by atoms with van der Waals surface area (Å²) < 4.78 is 5.50. The molecule has 0 aliphatic rings. The molecule has 1 rings (SSSR count). The maximum Gasteiger partial charge on any atom is 0.336 e. The van der Waals surface area contributed by atoms with Crippen LogP contribution in [0.15, 0.2) is 18.2 Å². The lowest BCUT2D eigenvalue weighted by Gasteiger charge is -2.10. The maximum atomic E-state index is 10.8. The molecular formula is C14H22O3. The molecule has 0 atom stereocenters. The van der Waals surface area contributed by atoms with Gasteiger partial charge in [0.2, 0.25) is 0 Å². The largest absolute Gasteiger partial charge is 0.493 e. The Balaban J connectivity index is 0.00000121. The van der Waals surface area contributed by atoms with Crippen LogP contribution in [0.2, 0.25) is 0 Å². The Morgan fingerprint density at radius 1 is 1.35 bits per heavy atom. The van der Waals surface area contributed by atoms with Gasteiger partial charge in [-0.2, -0.15) is 0 Å². The summed E-state index contributed by atoms with van der Waals surface area (Å²) in [5.41, 5.74) is 1.00. The van der Waals surface area contributed by atoms with Gasteiger partial charge in [0.25, 0.3) is 0 Å². The van der Waals surface area contributed by atoms with E-state index in [1.54, 1.807) is 25.1 Å². The molecular weight excluding hydrogens is 216 g/mol.